The third-order valence-electron chi connectivity index (χ3n) is 3.35. The van der Waals surface area contributed by atoms with Gasteiger partial charge in [0.1, 0.15) is 6.04 Å². The summed E-state index contributed by atoms with van der Waals surface area (Å²) in [5, 5.41) is 11.7. The van der Waals surface area contributed by atoms with Gasteiger partial charge in [0.15, 0.2) is 0 Å². The second kappa shape index (κ2) is 6.22. The van der Waals surface area contributed by atoms with Crippen molar-refractivity contribution < 1.29 is 14.7 Å². The number of unbranched alkanes of at least 4 members (excludes halogenated alkanes) is 1. The predicted octanol–water partition coefficient (Wildman–Crippen LogP) is 1.49. The molecule has 1 atom stereocenters. The quantitative estimate of drug-likeness (QED) is 0.602. The highest BCUT2D eigenvalue weighted by Gasteiger charge is 2.35. The van der Waals surface area contributed by atoms with Crippen LogP contribution in [0, 0.1) is 0 Å². The molecule has 5 heteroatoms. The largest absolute Gasteiger partial charge is 0.465 e. The molecule has 1 saturated heterocycles. The van der Waals surface area contributed by atoms with E-state index in [9.17, 15) is 9.59 Å². The fraction of sp³-hybridized carbons (Fsp3) is 0.429. The second-order valence-corrected chi connectivity index (χ2v) is 4.68. The lowest BCUT2D eigenvalue weighted by Gasteiger charge is -2.34. The number of hydrogen-bond acceptors (Lipinski definition) is 2. The number of aryl methyl sites for hydroxylation is 1. The number of carbonyl (C=O) groups is 2. The Bertz CT molecular complexity index is 447. The summed E-state index contributed by atoms with van der Waals surface area (Å²) in [6.07, 6.45) is 1.61. The highest BCUT2D eigenvalue weighted by molar-refractivity contribution is 5.90. The van der Waals surface area contributed by atoms with Crippen LogP contribution in [0.1, 0.15) is 18.4 Å². The smallest absolute Gasteiger partial charge is 0.408 e. The van der Waals surface area contributed by atoms with E-state index in [1.165, 1.54) is 10.5 Å². The molecule has 0 aliphatic carbocycles. The molecule has 0 spiro atoms. The molecule has 0 bridgehead atoms. The number of carbonyl (C=O) groups excluding carboxylic acids is 1. The molecule has 1 heterocycles. The van der Waals surface area contributed by atoms with Crippen LogP contribution < -0.4 is 5.32 Å². The number of nitrogens with one attached hydrogen (secondary N) is 1. The molecule has 2 rings (SSSR count). The van der Waals surface area contributed by atoms with Gasteiger partial charge in [-0.2, -0.15) is 0 Å². The predicted molar refractivity (Wildman–Crippen MR) is 70.9 cm³/mol. The summed E-state index contributed by atoms with van der Waals surface area (Å²) in [6.45, 7) is 0.851. The zero-order valence-electron chi connectivity index (χ0n) is 10.7. The van der Waals surface area contributed by atoms with Gasteiger partial charge in [0.05, 0.1) is 0 Å². The number of nitrogens with zero attached hydrogens (tertiary/aromatic N) is 1. The monoisotopic (exact) mass is 262 g/mol. The van der Waals surface area contributed by atoms with Gasteiger partial charge in [0.25, 0.3) is 0 Å². The van der Waals surface area contributed by atoms with Gasteiger partial charge in [-0.3, -0.25) is 9.69 Å². The van der Waals surface area contributed by atoms with Gasteiger partial charge >= 0.3 is 6.09 Å². The Kier molecular flexibility index (Phi) is 4.39. The van der Waals surface area contributed by atoms with Crippen LogP contribution in [0.15, 0.2) is 30.3 Å². The maximum atomic E-state index is 11.2. The molecule has 2 N–H and O–H groups in total. The third kappa shape index (κ3) is 3.47. The molecule has 0 unspecified atom stereocenters. The number of hydrogen-bond donors (Lipinski definition) is 2. The van der Waals surface area contributed by atoms with Crippen LogP contribution in [0.2, 0.25) is 0 Å². The summed E-state index contributed by atoms with van der Waals surface area (Å²) >= 11 is 0. The van der Waals surface area contributed by atoms with Crippen molar-refractivity contribution in [3.8, 4) is 0 Å². The Morgan fingerprint density at radius 1 is 1.32 bits per heavy atom. The lowest BCUT2D eigenvalue weighted by molar-refractivity contribution is -0.132. The molecular formula is C14H18N2O3. The summed E-state index contributed by atoms with van der Waals surface area (Å²) < 4.78 is 0. The van der Waals surface area contributed by atoms with Crippen LogP contribution in [0.25, 0.3) is 0 Å². The van der Waals surface area contributed by atoms with Gasteiger partial charge < -0.3 is 10.4 Å². The number of carboxylic acid groups (broad SMARTS) is 1. The summed E-state index contributed by atoms with van der Waals surface area (Å²) in [5.74, 6) is -0.189. The molecule has 1 aliphatic heterocycles. The Balaban J connectivity index is 1.74. The first-order valence-corrected chi connectivity index (χ1v) is 6.49. The summed E-state index contributed by atoms with van der Waals surface area (Å²) in [4.78, 5) is 23.5. The molecule has 0 radical (unpaired) electrons. The van der Waals surface area contributed by atoms with E-state index >= 15 is 0 Å². The van der Waals surface area contributed by atoms with E-state index in [0.29, 0.717) is 13.1 Å². The van der Waals surface area contributed by atoms with Crippen molar-refractivity contribution in [2.24, 2.45) is 0 Å². The lowest BCUT2D eigenvalue weighted by Crippen LogP contribution is -2.63. The van der Waals surface area contributed by atoms with Crippen molar-refractivity contribution in [1.82, 2.24) is 10.2 Å². The average Bonchev–Trinajstić information content (AvgIpc) is 2.41. The van der Waals surface area contributed by atoms with E-state index in [-0.39, 0.29) is 5.91 Å². The third-order valence-corrected chi connectivity index (χ3v) is 3.35. The van der Waals surface area contributed by atoms with Crippen molar-refractivity contribution in [3.05, 3.63) is 35.9 Å². The minimum absolute atomic E-state index is 0.189. The minimum atomic E-state index is -1.01. The highest BCUT2D eigenvalue weighted by Crippen LogP contribution is 2.10. The van der Waals surface area contributed by atoms with Crippen molar-refractivity contribution in [1.29, 1.82) is 0 Å². The normalized spacial score (nSPS) is 17.5. The van der Waals surface area contributed by atoms with E-state index in [1.54, 1.807) is 0 Å². The first-order chi connectivity index (χ1) is 9.18. The highest BCUT2D eigenvalue weighted by atomic mass is 16.4. The van der Waals surface area contributed by atoms with Crippen LogP contribution in [0.4, 0.5) is 4.79 Å². The fourth-order valence-corrected chi connectivity index (χ4v) is 2.17. The lowest BCUT2D eigenvalue weighted by atomic mass is 10.1. The molecule has 1 fully saturated rings. The van der Waals surface area contributed by atoms with E-state index < -0.39 is 12.1 Å². The Labute approximate surface area is 112 Å². The van der Waals surface area contributed by atoms with Gasteiger partial charge in [0, 0.05) is 13.1 Å². The molecule has 2 amide bonds. The molecule has 1 aliphatic rings. The summed E-state index contributed by atoms with van der Waals surface area (Å²) in [6, 6.07) is 9.61. The summed E-state index contributed by atoms with van der Waals surface area (Å²) in [7, 11) is 0. The molecule has 1 aromatic carbocycles. The van der Waals surface area contributed by atoms with Crippen LogP contribution in [-0.2, 0) is 11.2 Å². The standard InChI is InChI=1S/C14H18N2O3/c17-13-12(10-15-13)16(14(18)19)9-5-4-8-11-6-2-1-3-7-11/h1-3,6-7,12H,4-5,8-10H2,(H,15,17)(H,18,19)/t12-/m0/s1. The van der Waals surface area contributed by atoms with Crippen molar-refractivity contribution in [2.75, 3.05) is 13.1 Å². The van der Waals surface area contributed by atoms with Crippen LogP contribution in [-0.4, -0.2) is 41.1 Å². The minimum Gasteiger partial charge on any atom is -0.465 e. The van der Waals surface area contributed by atoms with E-state index in [1.807, 2.05) is 18.2 Å². The number of rotatable bonds is 6. The Hall–Kier alpha value is -2.04. The number of amides is 2. The first-order valence-electron chi connectivity index (χ1n) is 6.49. The maximum absolute atomic E-state index is 11.2. The molecule has 0 saturated carbocycles. The van der Waals surface area contributed by atoms with Crippen LogP contribution in [0.3, 0.4) is 0 Å². The fourth-order valence-electron chi connectivity index (χ4n) is 2.17. The number of benzene rings is 1. The maximum Gasteiger partial charge on any atom is 0.408 e. The van der Waals surface area contributed by atoms with Crippen LogP contribution >= 0.6 is 0 Å². The first kappa shape index (κ1) is 13.4. The van der Waals surface area contributed by atoms with Gasteiger partial charge in [-0.05, 0) is 24.8 Å². The second-order valence-electron chi connectivity index (χ2n) is 4.68. The molecule has 102 valence electrons. The zero-order chi connectivity index (χ0) is 13.7. The van der Waals surface area contributed by atoms with Crippen LogP contribution in [0.5, 0.6) is 0 Å². The van der Waals surface area contributed by atoms with Crippen molar-refractivity contribution in [3.63, 3.8) is 0 Å². The molecule has 1 aromatic rings. The van der Waals surface area contributed by atoms with Gasteiger partial charge in [-0.25, -0.2) is 4.79 Å². The number of β-lactam (4-membered cyclic amide) rings is 1. The van der Waals surface area contributed by atoms with Gasteiger partial charge in [-0.15, -0.1) is 0 Å². The Morgan fingerprint density at radius 2 is 2.05 bits per heavy atom. The van der Waals surface area contributed by atoms with Crippen molar-refractivity contribution >= 4 is 12.0 Å². The SMILES string of the molecule is O=C1NC[C@@H]1N(CCCCc1ccccc1)C(=O)O. The van der Waals surface area contributed by atoms with E-state index in [4.69, 9.17) is 5.11 Å². The van der Waals surface area contributed by atoms with Gasteiger partial charge in [0.2, 0.25) is 5.91 Å². The molecule has 5 nitrogen and oxygen atoms in total. The molecular weight excluding hydrogens is 244 g/mol. The zero-order valence-corrected chi connectivity index (χ0v) is 10.7. The molecule has 19 heavy (non-hydrogen) atoms. The van der Waals surface area contributed by atoms with E-state index in [0.717, 1.165) is 19.3 Å². The topological polar surface area (TPSA) is 69.6 Å². The summed E-state index contributed by atoms with van der Waals surface area (Å²) in [5.41, 5.74) is 1.26. The van der Waals surface area contributed by atoms with Crippen molar-refractivity contribution in [2.45, 2.75) is 25.3 Å². The van der Waals surface area contributed by atoms with Gasteiger partial charge in [-0.1, -0.05) is 30.3 Å². The Morgan fingerprint density at radius 3 is 2.58 bits per heavy atom. The molecule has 0 aromatic heterocycles. The van der Waals surface area contributed by atoms with E-state index in [2.05, 4.69) is 17.4 Å². The average molecular weight is 262 g/mol.